The van der Waals surface area contributed by atoms with Crippen molar-refractivity contribution in [2.24, 2.45) is 0 Å². The van der Waals surface area contributed by atoms with Gasteiger partial charge in [0.25, 0.3) is 0 Å². The highest BCUT2D eigenvalue weighted by Gasteiger charge is 2.40. The van der Waals surface area contributed by atoms with Crippen LogP contribution in [0.3, 0.4) is 0 Å². The quantitative estimate of drug-likeness (QED) is 0.898. The number of carbonyl (C=O) groups excluding carboxylic acids is 1. The Morgan fingerprint density at radius 2 is 2.04 bits per heavy atom. The van der Waals surface area contributed by atoms with Crippen LogP contribution in [0.1, 0.15) is 32.1 Å². The van der Waals surface area contributed by atoms with Gasteiger partial charge in [0.05, 0.1) is 12.2 Å². The number of nitrogens with one attached hydrogen (secondary N) is 2. The summed E-state index contributed by atoms with van der Waals surface area (Å²) < 4.78 is 26.9. The monoisotopic (exact) mass is 323 g/mol. The van der Waals surface area contributed by atoms with E-state index in [0.29, 0.717) is 0 Å². The first-order valence-corrected chi connectivity index (χ1v) is 8.30. The van der Waals surface area contributed by atoms with Crippen LogP contribution in [0.4, 0.5) is 14.5 Å². The largest absolute Gasteiger partial charge is 0.322 e. The Morgan fingerprint density at radius 1 is 1.26 bits per heavy atom. The number of hydrogen-bond acceptors (Lipinski definition) is 3. The Kier molecular flexibility index (Phi) is 4.92. The van der Waals surface area contributed by atoms with E-state index in [2.05, 4.69) is 15.5 Å². The zero-order valence-electron chi connectivity index (χ0n) is 13.2. The van der Waals surface area contributed by atoms with Crippen LogP contribution < -0.4 is 10.6 Å². The fraction of sp³-hybridized carbons (Fsp3) is 0.588. The lowest BCUT2D eigenvalue weighted by Crippen LogP contribution is -2.63. The third kappa shape index (κ3) is 3.70. The van der Waals surface area contributed by atoms with E-state index in [1.807, 2.05) is 0 Å². The van der Waals surface area contributed by atoms with Gasteiger partial charge in [-0.05, 0) is 25.0 Å². The zero-order valence-corrected chi connectivity index (χ0v) is 13.2. The van der Waals surface area contributed by atoms with E-state index < -0.39 is 11.6 Å². The lowest BCUT2D eigenvalue weighted by atomic mass is 9.79. The molecule has 6 heteroatoms. The van der Waals surface area contributed by atoms with Gasteiger partial charge >= 0.3 is 0 Å². The highest BCUT2D eigenvalue weighted by molar-refractivity contribution is 5.92. The Bertz CT molecular complexity index is 565. The van der Waals surface area contributed by atoms with E-state index >= 15 is 0 Å². The number of carbonyl (C=O) groups is 1. The van der Waals surface area contributed by atoms with Crippen molar-refractivity contribution in [2.75, 3.05) is 31.5 Å². The first-order chi connectivity index (χ1) is 11.1. The molecule has 3 rings (SSSR count). The van der Waals surface area contributed by atoms with Crippen molar-refractivity contribution in [3.8, 4) is 0 Å². The van der Waals surface area contributed by atoms with Crippen molar-refractivity contribution < 1.29 is 13.6 Å². The number of hydrogen-bond donors (Lipinski definition) is 2. The van der Waals surface area contributed by atoms with Crippen LogP contribution >= 0.6 is 0 Å². The molecule has 2 fully saturated rings. The first kappa shape index (κ1) is 16.3. The summed E-state index contributed by atoms with van der Waals surface area (Å²) in [4.78, 5) is 14.5. The van der Waals surface area contributed by atoms with Crippen molar-refractivity contribution in [2.45, 2.75) is 37.6 Å². The molecule has 1 aromatic rings. The molecule has 0 radical (unpaired) electrons. The molecule has 1 aliphatic heterocycles. The summed E-state index contributed by atoms with van der Waals surface area (Å²) in [5.41, 5.74) is -0.0586. The predicted octanol–water partition coefficient (Wildman–Crippen LogP) is 2.51. The number of benzene rings is 1. The predicted molar refractivity (Wildman–Crippen MR) is 85.2 cm³/mol. The molecule has 1 aliphatic carbocycles. The van der Waals surface area contributed by atoms with E-state index in [9.17, 15) is 13.6 Å². The minimum absolute atomic E-state index is 0.0360. The van der Waals surface area contributed by atoms with Crippen LogP contribution in [-0.2, 0) is 4.79 Å². The van der Waals surface area contributed by atoms with Crippen LogP contribution in [0.15, 0.2) is 18.2 Å². The second-order valence-electron chi connectivity index (χ2n) is 6.56. The molecule has 1 saturated carbocycles. The van der Waals surface area contributed by atoms with Gasteiger partial charge in [-0.1, -0.05) is 19.3 Å². The molecular weight excluding hydrogens is 300 g/mol. The molecule has 2 aliphatic rings. The van der Waals surface area contributed by atoms with Crippen molar-refractivity contribution in [3.05, 3.63) is 29.8 Å². The van der Waals surface area contributed by atoms with Gasteiger partial charge in [-0.15, -0.1) is 0 Å². The second-order valence-corrected chi connectivity index (χ2v) is 6.56. The van der Waals surface area contributed by atoms with Gasteiger partial charge in [0.1, 0.15) is 11.6 Å². The Labute approximate surface area is 135 Å². The number of nitrogens with zero attached hydrogens (tertiary/aromatic N) is 1. The summed E-state index contributed by atoms with van der Waals surface area (Å²) >= 11 is 0. The fourth-order valence-electron chi connectivity index (χ4n) is 3.79. The molecule has 23 heavy (non-hydrogen) atoms. The highest BCUT2D eigenvalue weighted by atomic mass is 19.1. The van der Waals surface area contributed by atoms with Crippen molar-refractivity contribution in [1.82, 2.24) is 10.2 Å². The molecule has 0 atom stereocenters. The summed E-state index contributed by atoms with van der Waals surface area (Å²) in [5.74, 6) is -1.47. The lowest BCUT2D eigenvalue weighted by molar-refractivity contribution is -0.120. The summed E-state index contributed by atoms with van der Waals surface area (Å²) in [6.07, 6.45) is 5.77. The molecule has 2 N–H and O–H groups in total. The SMILES string of the molecule is O=C(CN1CCNCC12CCCCC2)Nc1cc(F)ccc1F. The van der Waals surface area contributed by atoms with Crippen molar-refractivity contribution >= 4 is 11.6 Å². The topological polar surface area (TPSA) is 44.4 Å². The number of rotatable bonds is 3. The van der Waals surface area contributed by atoms with Crippen LogP contribution in [-0.4, -0.2) is 42.5 Å². The van der Waals surface area contributed by atoms with Gasteiger partial charge in [-0.2, -0.15) is 0 Å². The molecule has 1 spiro atoms. The number of piperazine rings is 1. The van der Waals surface area contributed by atoms with E-state index in [1.54, 1.807) is 0 Å². The van der Waals surface area contributed by atoms with Crippen molar-refractivity contribution in [3.63, 3.8) is 0 Å². The van der Waals surface area contributed by atoms with E-state index in [-0.39, 0.29) is 23.7 Å². The normalized spacial score (nSPS) is 21.3. The summed E-state index contributed by atoms with van der Waals surface area (Å²) in [7, 11) is 0. The molecule has 1 aromatic carbocycles. The maximum atomic E-state index is 13.7. The van der Waals surface area contributed by atoms with E-state index in [1.165, 1.54) is 19.3 Å². The number of amides is 1. The van der Waals surface area contributed by atoms with Crippen LogP contribution in [0, 0.1) is 11.6 Å². The van der Waals surface area contributed by atoms with Gasteiger partial charge in [0.2, 0.25) is 5.91 Å². The molecule has 0 aromatic heterocycles. The molecule has 0 unspecified atom stereocenters. The number of halogens is 2. The Balaban J connectivity index is 1.67. The first-order valence-electron chi connectivity index (χ1n) is 8.30. The van der Waals surface area contributed by atoms with Gasteiger partial charge in [-0.3, -0.25) is 9.69 Å². The summed E-state index contributed by atoms with van der Waals surface area (Å²) in [6, 6.07) is 3.08. The fourth-order valence-corrected chi connectivity index (χ4v) is 3.79. The van der Waals surface area contributed by atoms with Gasteiger partial charge in [-0.25, -0.2) is 8.78 Å². The van der Waals surface area contributed by atoms with E-state index in [4.69, 9.17) is 0 Å². The van der Waals surface area contributed by atoms with Crippen LogP contribution in [0.25, 0.3) is 0 Å². The van der Waals surface area contributed by atoms with Gasteiger partial charge < -0.3 is 10.6 Å². The standard InChI is InChI=1S/C17H23F2N3O/c18-13-4-5-14(19)15(10-13)21-16(23)11-22-9-8-20-12-17(22)6-2-1-3-7-17/h4-5,10,20H,1-3,6-9,11-12H2,(H,21,23). The average Bonchev–Trinajstić information content (AvgIpc) is 2.54. The average molecular weight is 323 g/mol. The van der Waals surface area contributed by atoms with E-state index in [0.717, 1.165) is 50.7 Å². The molecule has 4 nitrogen and oxygen atoms in total. The Hall–Kier alpha value is -1.53. The smallest absolute Gasteiger partial charge is 0.238 e. The molecule has 0 bridgehead atoms. The third-order valence-corrected chi connectivity index (χ3v) is 5.00. The maximum Gasteiger partial charge on any atom is 0.238 e. The molecule has 1 heterocycles. The Morgan fingerprint density at radius 3 is 2.83 bits per heavy atom. The summed E-state index contributed by atoms with van der Waals surface area (Å²) in [6.45, 7) is 2.77. The lowest BCUT2D eigenvalue weighted by Gasteiger charge is -2.49. The third-order valence-electron chi connectivity index (χ3n) is 5.00. The van der Waals surface area contributed by atoms with Gasteiger partial charge in [0.15, 0.2) is 0 Å². The van der Waals surface area contributed by atoms with Gasteiger partial charge in [0, 0.05) is 31.2 Å². The molecule has 1 saturated heterocycles. The zero-order chi connectivity index (χ0) is 16.3. The molecule has 1 amide bonds. The van der Waals surface area contributed by atoms with Crippen LogP contribution in [0.2, 0.25) is 0 Å². The summed E-state index contributed by atoms with van der Waals surface area (Å²) in [5, 5.41) is 5.94. The molecular formula is C17H23F2N3O. The highest BCUT2D eigenvalue weighted by Crippen LogP contribution is 2.34. The second kappa shape index (κ2) is 6.93. The molecule has 126 valence electrons. The minimum Gasteiger partial charge on any atom is -0.322 e. The number of anilines is 1. The van der Waals surface area contributed by atoms with Crippen LogP contribution in [0.5, 0.6) is 0 Å². The maximum absolute atomic E-state index is 13.7. The van der Waals surface area contributed by atoms with Crippen molar-refractivity contribution in [1.29, 1.82) is 0 Å². The minimum atomic E-state index is -0.618.